The number of aromatic carboxylic acids is 1. The van der Waals surface area contributed by atoms with E-state index < -0.39 is 5.97 Å². The first-order chi connectivity index (χ1) is 10.4. The van der Waals surface area contributed by atoms with Crippen LogP contribution in [0.1, 0.15) is 46.4 Å². The Bertz CT molecular complexity index is 667. The van der Waals surface area contributed by atoms with Crippen molar-refractivity contribution in [2.45, 2.75) is 32.9 Å². The number of thiazole rings is 1. The van der Waals surface area contributed by atoms with Gasteiger partial charge in [-0.15, -0.1) is 11.3 Å². The lowest BCUT2D eigenvalue weighted by molar-refractivity contribution is 0.0693. The molecule has 0 spiro atoms. The third-order valence-corrected chi connectivity index (χ3v) is 4.43. The van der Waals surface area contributed by atoms with Gasteiger partial charge in [0.05, 0.1) is 10.7 Å². The van der Waals surface area contributed by atoms with Crippen LogP contribution in [0.15, 0.2) is 23.6 Å². The maximum absolute atomic E-state index is 11.0. The standard InChI is InChI=1S/C16H20N2O3S/c1-10(2)15-17-12(9-22-15)8-18(3)7-11-4-5-14(19)13(6-11)16(20)21/h4-6,9-10,19H,7-8H2,1-3H3,(H,20,21). The number of benzene rings is 1. The largest absolute Gasteiger partial charge is 0.507 e. The molecule has 1 heterocycles. The number of carboxylic acid groups (broad SMARTS) is 1. The van der Waals surface area contributed by atoms with Gasteiger partial charge in [-0.2, -0.15) is 0 Å². The quantitative estimate of drug-likeness (QED) is 0.854. The van der Waals surface area contributed by atoms with Crippen LogP contribution in [0.25, 0.3) is 0 Å². The minimum absolute atomic E-state index is 0.0679. The number of hydrogen-bond donors (Lipinski definition) is 2. The molecule has 0 unspecified atom stereocenters. The van der Waals surface area contributed by atoms with Crippen molar-refractivity contribution in [3.8, 4) is 5.75 Å². The second-order valence-corrected chi connectivity index (χ2v) is 6.55. The van der Waals surface area contributed by atoms with Crippen molar-refractivity contribution in [1.82, 2.24) is 9.88 Å². The molecule has 0 bridgehead atoms. The van der Waals surface area contributed by atoms with Crippen LogP contribution in [0.4, 0.5) is 0 Å². The van der Waals surface area contributed by atoms with E-state index in [0.29, 0.717) is 19.0 Å². The smallest absolute Gasteiger partial charge is 0.339 e. The maximum atomic E-state index is 11.0. The third kappa shape index (κ3) is 4.05. The van der Waals surface area contributed by atoms with E-state index in [-0.39, 0.29) is 11.3 Å². The molecule has 2 N–H and O–H groups in total. The average Bonchev–Trinajstić information content (AvgIpc) is 2.89. The lowest BCUT2D eigenvalue weighted by Gasteiger charge is -2.16. The highest BCUT2D eigenvalue weighted by Gasteiger charge is 2.12. The summed E-state index contributed by atoms with van der Waals surface area (Å²) >= 11 is 1.67. The Kier molecular flexibility index (Phi) is 5.15. The van der Waals surface area contributed by atoms with Gasteiger partial charge in [0.1, 0.15) is 11.3 Å². The van der Waals surface area contributed by atoms with E-state index in [2.05, 4.69) is 29.1 Å². The van der Waals surface area contributed by atoms with Gasteiger partial charge in [0, 0.05) is 24.4 Å². The van der Waals surface area contributed by atoms with Gasteiger partial charge >= 0.3 is 5.97 Å². The molecule has 0 aliphatic heterocycles. The predicted molar refractivity (Wildman–Crippen MR) is 86.4 cm³/mol. The first kappa shape index (κ1) is 16.5. The van der Waals surface area contributed by atoms with Crippen molar-refractivity contribution in [1.29, 1.82) is 0 Å². The summed E-state index contributed by atoms with van der Waals surface area (Å²) in [7, 11) is 1.96. The van der Waals surface area contributed by atoms with E-state index in [1.54, 1.807) is 17.4 Å². The van der Waals surface area contributed by atoms with E-state index in [9.17, 15) is 9.90 Å². The molecule has 0 saturated heterocycles. The number of hydrogen-bond acceptors (Lipinski definition) is 5. The molecule has 1 aromatic heterocycles. The van der Waals surface area contributed by atoms with Crippen molar-refractivity contribution in [2.24, 2.45) is 0 Å². The van der Waals surface area contributed by atoms with Gasteiger partial charge < -0.3 is 10.2 Å². The summed E-state index contributed by atoms with van der Waals surface area (Å²) in [4.78, 5) is 17.7. The molecule has 5 nitrogen and oxygen atoms in total. The zero-order valence-corrected chi connectivity index (χ0v) is 13.7. The normalized spacial score (nSPS) is 11.3. The van der Waals surface area contributed by atoms with Crippen molar-refractivity contribution in [3.05, 3.63) is 45.4 Å². The third-order valence-electron chi connectivity index (χ3n) is 3.24. The Hall–Kier alpha value is -1.92. The van der Waals surface area contributed by atoms with Crippen LogP contribution in [0.5, 0.6) is 5.75 Å². The Morgan fingerprint density at radius 1 is 1.36 bits per heavy atom. The van der Waals surface area contributed by atoms with E-state index in [1.165, 1.54) is 12.1 Å². The first-order valence-electron chi connectivity index (χ1n) is 7.05. The summed E-state index contributed by atoms with van der Waals surface area (Å²) in [5.41, 5.74) is 1.80. The van der Waals surface area contributed by atoms with Crippen LogP contribution in [0.2, 0.25) is 0 Å². The fraction of sp³-hybridized carbons (Fsp3) is 0.375. The molecule has 22 heavy (non-hydrogen) atoms. The highest BCUT2D eigenvalue weighted by molar-refractivity contribution is 7.09. The first-order valence-corrected chi connectivity index (χ1v) is 7.92. The number of phenols is 1. The Morgan fingerprint density at radius 3 is 2.68 bits per heavy atom. The zero-order chi connectivity index (χ0) is 16.3. The summed E-state index contributed by atoms with van der Waals surface area (Å²) in [6.45, 7) is 5.54. The summed E-state index contributed by atoms with van der Waals surface area (Å²) < 4.78 is 0. The second-order valence-electron chi connectivity index (χ2n) is 5.66. The molecule has 0 amide bonds. The number of carboxylic acids is 1. The lowest BCUT2D eigenvalue weighted by Crippen LogP contribution is -2.17. The molecule has 0 atom stereocenters. The van der Waals surface area contributed by atoms with Gasteiger partial charge in [-0.05, 0) is 24.7 Å². The summed E-state index contributed by atoms with van der Waals surface area (Å²) in [5.74, 6) is -0.901. The van der Waals surface area contributed by atoms with E-state index in [0.717, 1.165) is 16.3 Å². The molecule has 2 aromatic rings. The van der Waals surface area contributed by atoms with E-state index in [1.807, 2.05) is 7.05 Å². The molecule has 2 rings (SSSR count). The molecule has 6 heteroatoms. The van der Waals surface area contributed by atoms with Gasteiger partial charge in [-0.1, -0.05) is 19.9 Å². The Balaban J connectivity index is 2.03. The monoisotopic (exact) mass is 320 g/mol. The van der Waals surface area contributed by atoms with Crippen molar-refractivity contribution in [3.63, 3.8) is 0 Å². The fourth-order valence-corrected chi connectivity index (χ4v) is 2.98. The highest BCUT2D eigenvalue weighted by atomic mass is 32.1. The molecule has 0 saturated carbocycles. The Morgan fingerprint density at radius 2 is 2.09 bits per heavy atom. The van der Waals surface area contributed by atoms with Crippen LogP contribution >= 0.6 is 11.3 Å². The lowest BCUT2D eigenvalue weighted by atomic mass is 10.1. The van der Waals surface area contributed by atoms with Gasteiger partial charge in [-0.3, -0.25) is 4.90 Å². The SMILES string of the molecule is CC(C)c1nc(CN(C)Cc2ccc(O)c(C(=O)O)c2)cs1. The van der Waals surface area contributed by atoms with Crippen LogP contribution < -0.4 is 0 Å². The summed E-state index contributed by atoms with van der Waals surface area (Å²) in [5, 5.41) is 21.7. The van der Waals surface area contributed by atoms with Crippen molar-refractivity contribution >= 4 is 17.3 Å². The highest BCUT2D eigenvalue weighted by Crippen LogP contribution is 2.21. The summed E-state index contributed by atoms with van der Waals surface area (Å²) in [6.07, 6.45) is 0. The molecule has 1 aromatic carbocycles. The van der Waals surface area contributed by atoms with Gasteiger partial charge in [0.25, 0.3) is 0 Å². The second kappa shape index (κ2) is 6.89. The molecular formula is C16H20N2O3S. The Labute approximate surface area is 133 Å². The molecule has 0 fully saturated rings. The van der Waals surface area contributed by atoms with Gasteiger partial charge in [0.15, 0.2) is 0 Å². The van der Waals surface area contributed by atoms with Gasteiger partial charge in [0.2, 0.25) is 0 Å². The molecule has 0 aliphatic carbocycles. The van der Waals surface area contributed by atoms with E-state index in [4.69, 9.17) is 5.11 Å². The zero-order valence-electron chi connectivity index (χ0n) is 12.9. The molecule has 0 aliphatic rings. The number of aromatic hydroxyl groups is 1. The van der Waals surface area contributed by atoms with E-state index >= 15 is 0 Å². The van der Waals surface area contributed by atoms with Crippen LogP contribution in [0.3, 0.4) is 0 Å². The minimum atomic E-state index is -1.12. The fourth-order valence-electron chi connectivity index (χ4n) is 2.16. The minimum Gasteiger partial charge on any atom is -0.507 e. The summed E-state index contributed by atoms with van der Waals surface area (Å²) in [6, 6.07) is 4.67. The molecule has 118 valence electrons. The predicted octanol–water partition coefficient (Wildman–Crippen LogP) is 3.30. The number of aromatic nitrogens is 1. The topological polar surface area (TPSA) is 73.7 Å². The molecular weight excluding hydrogens is 300 g/mol. The maximum Gasteiger partial charge on any atom is 0.339 e. The number of nitrogens with zero attached hydrogens (tertiary/aromatic N) is 2. The molecule has 0 radical (unpaired) electrons. The van der Waals surface area contributed by atoms with Crippen LogP contribution in [-0.2, 0) is 13.1 Å². The average molecular weight is 320 g/mol. The number of carbonyl (C=O) groups is 1. The van der Waals surface area contributed by atoms with Crippen LogP contribution in [-0.4, -0.2) is 33.1 Å². The van der Waals surface area contributed by atoms with Crippen LogP contribution in [0, 0.1) is 0 Å². The van der Waals surface area contributed by atoms with Crippen molar-refractivity contribution < 1.29 is 15.0 Å². The number of rotatable bonds is 6. The van der Waals surface area contributed by atoms with Gasteiger partial charge in [-0.25, -0.2) is 9.78 Å². The van der Waals surface area contributed by atoms with Crippen molar-refractivity contribution in [2.75, 3.05) is 7.05 Å².